The molecule has 0 bridgehead atoms. The number of anilines is 1. The number of aromatic nitrogens is 4. The molecule has 3 fully saturated rings. The number of hydrogen-bond donors (Lipinski definition) is 2. The molecule has 1 aliphatic heterocycles. The van der Waals surface area contributed by atoms with Crippen LogP contribution in [-0.2, 0) is 0 Å². The molecule has 2 N–H and O–H groups in total. The van der Waals surface area contributed by atoms with Crippen molar-refractivity contribution >= 4 is 37.8 Å². The number of nitrogens with zero attached hydrogens (tertiary/aromatic N) is 5. The van der Waals surface area contributed by atoms with Crippen molar-refractivity contribution in [2.45, 2.75) is 81.4 Å². The van der Waals surface area contributed by atoms with Crippen molar-refractivity contribution in [3.8, 4) is 10.3 Å². The number of pyridine rings is 1. The third kappa shape index (κ3) is 4.44. The van der Waals surface area contributed by atoms with Crippen molar-refractivity contribution in [2.24, 2.45) is 0 Å². The standard InChI is InChI=1S/C24H32FN7SSe/c1-14(25)21-28-29-22(34-21)19-18(15-5-6-15)27-20-17(31-10-9-26-23(2,3)13-31)11-16(12-32(19)20)33-30-24(4)7-8-24/h11-12,14-15,26,30H,5-10,13H2,1-4H3. The number of imidazole rings is 1. The van der Waals surface area contributed by atoms with Gasteiger partial charge in [-0.3, -0.25) is 0 Å². The second kappa shape index (κ2) is 8.30. The molecule has 4 heterocycles. The maximum atomic E-state index is 14.0. The van der Waals surface area contributed by atoms with E-state index in [4.69, 9.17) is 4.98 Å². The van der Waals surface area contributed by atoms with E-state index in [9.17, 15) is 4.39 Å². The van der Waals surface area contributed by atoms with E-state index in [2.05, 4.69) is 62.6 Å². The van der Waals surface area contributed by atoms with Gasteiger partial charge in [0.15, 0.2) is 0 Å². The predicted molar refractivity (Wildman–Crippen MR) is 136 cm³/mol. The number of hydrogen-bond acceptors (Lipinski definition) is 7. The van der Waals surface area contributed by atoms with Gasteiger partial charge in [-0.05, 0) is 0 Å². The molecule has 0 aromatic carbocycles. The van der Waals surface area contributed by atoms with Gasteiger partial charge in [0.05, 0.1) is 0 Å². The zero-order valence-electron chi connectivity index (χ0n) is 20.2. The van der Waals surface area contributed by atoms with Gasteiger partial charge in [-0.2, -0.15) is 0 Å². The van der Waals surface area contributed by atoms with Crippen LogP contribution in [-0.4, -0.2) is 64.8 Å². The van der Waals surface area contributed by atoms with Gasteiger partial charge < -0.3 is 0 Å². The van der Waals surface area contributed by atoms with Crippen molar-refractivity contribution in [3.63, 3.8) is 0 Å². The monoisotopic (exact) mass is 549 g/mol. The summed E-state index contributed by atoms with van der Waals surface area (Å²) >= 11 is 1.49. The fourth-order valence-electron chi connectivity index (χ4n) is 4.57. The molecule has 7 nitrogen and oxygen atoms in total. The average molecular weight is 549 g/mol. The first-order valence-corrected chi connectivity index (χ1v) is 14.7. The molecule has 1 saturated heterocycles. The van der Waals surface area contributed by atoms with Gasteiger partial charge in [0.1, 0.15) is 0 Å². The van der Waals surface area contributed by atoms with E-state index >= 15 is 0 Å². The third-order valence-corrected chi connectivity index (χ3v) is 10.3. The number of rotatable bonds is 7. The molecule has 3 aliphatic rings. The van der Waals surface area contributed by atoms with E-state index in [-0.39, 0.29) is 25.6 Å². The van der Waals surface area contributed by atoms with Crippen molar-refractivity contribution in [3.05, 3.63) is 22.5 Å². The van der Waals surface area contributed by atoms with Gasteiger partial charge in [0.2, 0.25) is 0 Å². The molecule has 3 aromatic heterocycles. The Morgan fingerprint density at radius 1 is 1.26 bits per heavy atom. The van der Waals surface area contributed by atoms with E-state index in [1.807, 2.05) is 0 Å². The summed E-state index contributed by atoms with van der Waals surface area (Å²) in [5.74, 6) is 0.465. The Labute approximate surface area is 210 Å². The van der Waals surface area contributed by atoms with Crippen molar-refractivity contribution in [1.29, 1.82) is 0 Å². The third-order valence-electron chi connectivity index (χ3n) is 6.98. The maximum absolute atomic E-state index is 14.0. The van der Waals surface area contributed by atoms with Crippen LogP contribution in [0.3, 0.4) is 0 Å². The van der Waals surface area contributed by atoms with Crippen molar-refractivity contribution in [2.75, 3.05) is 24.5 Å². The number of halogens is 1. The summed E-state index contributed by atoms with van der Waals surface area (Å²) in [6.07, 6.45) is 5.87. The van der Waals surface area contributed by atoms with Crippen LogP contribution in [0.2, 0.25) is 0 Å². The second-order valence-electron chi connectivity index (χ2n) is 10.9. The second-order valence-corrected chi connectivity index (χ2v) is 13.9. The van der Waals surface area contributed by atoms with E-state index in [1.165, 1.54) is 23.4 Å². The molecule has 34 heavy (non-hydrogen) atoms. The van der Waals surface area contributed by atoms with E-state index < -0.39 is 6.17 Å². The van der Waals surface area contributed by atoms with Gasteiger partial charge >= 0.3 is 211 Å². The van der Waals surface area contributed by atoms with E-state index in [0.29, 0.717) is 10.5 Å². The van der Waals surface area contributed by atoms with Gasteiger partial charge in [-0.15, -0.1) is 0 Å². The zero-order chi connectivity index (χ0) is 23.7. The summed E-state index contributed by atoms with van der Waals surface area (Å²) in [7, 11) is 0. The average Bonchev–Trinajstić information content (AvgIpc) is 3.67. The number of alkyl halides is 1. The van der Waals surface area contributed by atoms with Crippen LogP contribution < -0.4 is 14.9 Å². The Balaban J connectivity index is 1.50. The Kier molecular flexibility index (Phi) is 5.61. The molecule has 2 saturated carbocycles. The zero-order valence-corrected chi connectivity index (χ0v) is 22.7. The fraction of sp³-hybridized carbons (Fsp3) is 0.625. The quantitative estimate of drug-likeness (QED) is 0.341. The van der Waals surface area contributed by atoms with Gasteiger partial charge in [-0.1, -0.05) is 0 Å². The number of piperazine rings is 1. The Morgan fingerprint density at radius 2 is 2.06 bits per heavy atom. The van der Waals surface area contributed by atoms with Gasteiger partial charge in [0.25, 0.3) is 0 Å². The molecule has 6 rings (SSSR count). The van der Waals surface area contributed by atoms with E-state index in [0.717, 1.165) is 54.1 Å². The minimum atomic E-state index is -1.06. The van der Waals surface area contributed by atoms with Crippen LogP contribution >= 0.6 is 11.9 Å². The summed E-state index contributed by atoms with van der Waals surface area (Å²) in [5, 5.41) is 12.3. The first kappa shape index (κ1) is 23.0. The van der Waals surface area contributed by atoms with Gasteiger partial charge in [-0.25, -0.2) is 0 Å². The summed E-state index contributed by atoms with van der Waals surface area (Å²) in [6.45, 7) is 11.1. The number of nitrogens with one attached hydrogen (secondary N) is 2. The first-order chi connectivity index (χ1) is 16.2. The van der Waals surface area contributed by atoms with Crippen LogP contribution in [0.1, 0.15) is 75.7 Å². The topological polar surface area (TPSA) is 70.4 Å². The summed E-state index contributed by atoms with van der Waals surface area (Å²) in [5.41, 5.74) is 4.58. The molecule has 2 aliphatic carbocycles. The molecular formula is C24H32FN7SSe. The normalized spacial score (nSPS) is 22.3. The molecule has 0 amide bonds. The first-order valence-electron chi connectivity index (χ1n) is 12.2. The molecular weight excluding hydrogens is 516 g/mol. The molecule has 3 aromatic rings. The molecule has 10 heteroatoms. The van der Waals surface area contributed by atoms with Crippen molar-refractivity contribution in [1.82, 2.24) is 29.6 Å². The summed E-state index contributed by atoms with van der Waals surface area (Å²) in [4.78, 5) is 8.86. The predicted octanol–water partition coefficient (Wildman–Crippen LogP) is 4.09. The fourth-order valence-corrected chi connectivity index (χ4v) is 7.20. The SMILES string of the molecule is CC(F)c1nnc(-c2c(C3CC3)nc3c(N4CCNC(C)(C)C4)cc(SNC4(C)CC4)cn23)[se]1. The van der Waals surface area contributed by atoms with Crippen LogP contribution in [0.25, 0.3) is 15.9 Å². The minimum absolute atomic E-state index is 0.0333. The molecule has 182 valence electrons. The number of fused-ring (bicyclic) bond motifs is 1. The van der Waals surface area contributed by atoms with Gasteiger partial charge in [0, 0.05) is 0 Å². The Bertz CT molecular complexity index is 1230. The summed E-state index contributed by atoms with van der Waals surface area (Å²) < 4.78 is 21.4. The molecule has 1 unspecified atom stereocenters. The summed E-state index contributed by atoms with van der Waals surface area (Å²) in [6, 6.07) is 2.29. The Hall–Kier alpha value is -1.45. The van der Waals surface area contributed by atoms with Crippen LogP contribution in [0.5, 0.6) is 0 Å². The Morgan fingerprint density at radius 3 is 2.71 bits per heavy atom. The van der Waals surface area contributed by atoms with Crippen LogP contribution in [0.15, 0.2) is 17.2 Å². The van der Waals surface area contributed by atoms with Crippen molar-refractivity contribution < 1.29 is 4.39 Å². The molecule has 1 atom stereocenters. The van der Waals surface area contributed by atoms with Crippen LogP contribution in [0, 0.1) is 0 Å². The van der Waals surface area contributed by atoms with E-state index in [1.54, 1.807) is 18.9 Å². The van der Waals surface area contributed by atoms with Crippen LogP contribution in [0.4, 0.5) is 10.1 Å². The molecule has 0 radical (unpaired) electrons. The molecule has 0 spiro atoms.